The third kappa shape index (κ3) is 0.517. The van der Waals surface area contributed by atoms with Crippen molar-refractivity contribution in [3.8, 4) is 0 Å². The molecule has 2 unspecified atom stereocenters. The van der Waals surface area contributed by atoms with Crippen molar-refractivity contribution in [1.82, 2.24) is 0 Å². The minimum atomic E-state index is -0.0608. The minimum Gasteiger partial charge on any atom is -0.355 e. The minimum absolute atomic E-state index is 0.0608. The lowest BCUT2D eigenvalue weighted by molar-refractivity contribution is 0.0556. The molecule has 2 rings (SSSR count). The van der Waals surface area contributed by atoms with Crippen molar-refractivity contribution in [3.05, 3.63) is 23.3 Å². The van der Waals surface area contributed by atoms with Crippen molar-refractivity contribution in [3.63, 3.8) is 0 Å². The molecule has 0 spiro atoms. The summed E-state index contributed by atoms with van der Waals surface area (Å²) in [6.07, 6.45) is 4.58. The summed E-state index contributed by atoms with van der Waals surface area (Å²) in [5.74, 6) is 0. The van der Waals surface area contributed by atoms with E-state index in [4.69, 9.17) is 4.74 Å². The molecule has 2 atom stereocenters. The van der Waals surface area contributed by atoms with Gasteiger partial charge in [-0.3, -0.25) is 0 Å². The Hall–Kier alpha value is -0.560. The lowest BCUT2D eigenvalue weighted by Gasteiger charge is -2.17. The highest BCUT2D eigenvalue weighted by molar-refractivity contribution is 5.41. The first-order valence-electron chi connectivity index (χ1n) is 3.68. The Morgan fingerprint density at radius 3 is 2.50 bits per heavy atom. The van der Waals surface area contributed by atoms with Gasteiger partial charge in [-0.15, -0.1) is 0 Å². The van der Waals surface area contributed by atoms with Crippen LogP contribution in [0.2, 0.25) is 0 Å². The van der Waals surface area contributed by atoms with Crippen molar-refractivity contribution in [2.45, 2.75) is 32.5 Å². The highest BCUT2D eigenvalue weighted by atomic mass is 16.5. The Morgan fingerprint density at radius 1 is 1.50 bits per heavy atom. The van der Waals surface area contributed by atoms with Gasteiger partial charge in [0.25, 0.3) is 0 Å². The Bertz CT molecular complexity index is 237. The third-order valence-electron chi connectivity index (χ3n) is 2.72. The standard InChI is InChI=1S/C9H12O/c1-6-7(2)9(3)5-4-8(6)10-9/h4-5,8H,1-3H3. The van der Waals surface area contributed by atoms with Crippen LogP contribution in [0.3, 0.4) is 0 Å². The monoisotopic (exact) mass is 136 g/mol. The van der Waals surface area contributed by atoms with Crippen LogP contribution in [0.4, 0.5) is 0 Å². The van der Waals surface area contributed by atoms with E-state index in [0.29, 0.717) is 0 Å². The van der Waals surface area contributed by atoms with Gasteiger partial charge in [-0.25, -0.2) is 0 Å². The van der Waals surface area contributed by atoms with Gasteiger partial charge in [0.2, 0.25) is 0 Å². The number of fused-ring (bicyclic) bond motifs is 2. The maximum atomic E-state index is 5.70. The van der Waals surface area contributed by atoms with Gasteiger partial charge in [0, 0.05) is 0 Å². The molecule has 0 aromatic heterocycles. The molecule has 0 aromatic rings. The second-order valence-electron chi connectivity index (χ2n) is 3.31. The molecule has 0 aliphatic carbocycles. The third-order valence-corrected chi connectivity index (χ3v) is 2.72. The molecule has 2 aliphatic rings. The molecular formula is C9H12O. The fraction of sp³-hybridized carbons (Fsp3) is 0.556. The summed E-state index contributed by atoms with van der Waals surface area (Å²) >= 11 is 0. The zero-order valence-electron chi connectivity index (χ0n) is 6.64. The zero-order valence-corrected chi connectivity index (χ0v) is 6.64. The maximum absolute atomic E-state index is 5.70. The summed E-state index contributed by atoms with van der Waals surface area (Å²) in [7, 11) is 0. The summed E-state index contributed by atoms with van der Waals surface area (Å²) in [5.41, 5.74) is 2.72. The van der Waals surface area contributed by atoms with Crippen LogP contribution in [-0.4, -0.2) is 11.7 Å². The first kappa shape index (κ1) is 6.17. The lowest BCUT2D eigenvalue weighted by Crippen LogP contribution is -2.20. The van der Waals surface area contributed by atoms with Crippen LogP contribution in [0.5, 0.6) is 0 Å². The van der Waals surface area contributed by atoms with Gasteiger partial charge in [-0.2, -0.15) is 0 Å². The summed E-state index contributed by atoms with van der Waals surface area (Å²) in [4.78, 5) is 0. The first-order valence-corrected chi connectivity index (χ1v) is 3.68. The number of rotatable bonds is 0. The van der Waals surface area contributed by atoms with Gasteiger partial charge >= 0.3 is 0 Å². The average molecular weight is 136 g/mol. The van der Waals surface area contributed by atoms with E-state index in [9.17, 15) is 0 Å². The van der Waals surface area contributed by atoms with Crippen molar-refractivity contribution in [2.75, 3.05) is 0 Å². The quantitative estimate of drug-likeness (QED) is 0.463. The molecule has 0 saturated heterocycles. The largest absolute Gasteiger partial charge is 0.355 e. The molecule has 2 heterocycles. The molecule has 54 valence electrons. The fourth-order valence-corrected chi connectivity index (χ4v) is 1.66. The van der Waals surface area contributed by atoms with E-state index < -0.39 is 0 Å². The van der Waals surface area contributed by atoms with E-state index in [1.54, 1.807) is 0 Å². The van der Waals surface area contributed by atoms with Gasteiger partial charge in [0.1, 0.15) is 5.60 Å². The van der Waals surface area contributed by atoms with Crippen molar-refractivity contribution >= 4 is 0 Å². The van der Waals surface area contributed by atoms with Crippen LogP contribution in [0, 0.1) is 0 Å². The Morgan fingerprint density at radius 2 is 2.20 bits per heavy atom. The maximum Gasteiger partial charge on any atom is 0.106 e. The fourth-order valence-electron chi connectivity index (χ4n) is 1.66. The van der Waals surface area contributed by atoms with Gasteiger partial charge in [0.15, 0.2) is 0 Å². The SMILES string of the molecule is CC1=C(C)C2(C)C=CC1O2. The number of ether oxygens (including phenoxy) is 1. The number of hydrogen-bond donors (Lipinski definition) is 0. The molecule has 0 radical (unpaired) electrons. The van der Waals surface area contributed by atoms with Crippen LogP contribution in [-0.2, 0) is 4.74 Å². The van der Waals surface area contributed by atoms with E-state index in [1.807, 2.05) is 0 Å². The smallest absolute Gasteiger partial charge is 0.106 e. The molecule has 1 nitrogen and oxygen atoms in total. The van der Waals surface area contributed by atoms with Gasteiger partial charge in [-0.1, -0.05) is 12.2 Å². The van der Waals surface area contributed by atoms with Crippen LogP contribution in [0.1, 0.15) is 20.8 Å². The van der Waals surface area contributed by atoms with E-state index in [1.165, 1.54) is 11.1 Å². The molecule has 0 amide bonds. The Balaban J connectivity index is 2.50. The second kappa shape index (κ2) is 1.54. The Labute approximate surface area is 61.4 Å². The molecule has 0 N–H and O–H groups in total. The molecule has 2 aliphatic heterocycles. The highest BCUT2D eigenvalue weighted by Crippen LogP contribution is 2.41. The molecular weight excluding hydrogens is 124 g/mol. The molecule has 0 saturated carbocycles. The average Bonchev–Trinajstić information content (AvgIpc) is 2.35. The second-order valence-corrected chi connectivity index (χ2v) is 3.31. The van der Waals surface area contributed by atoms with Gasteiger partial charge in [-0.05, 0) is 31.9 Å². The molecule has 10 heavy (non-hydrogen) atoms. The van der Waals surface area contributed by atoms with E-state index >= 15 is 0 Å². The molecule has 0 aromatic carbocycles. The molecule has 1 heteroatoms. The molecule has 2 bridgehead atoms. The topological polar surface area (TPSA) is 9.23 Å². The summed E-state index contributed by atoms with van der Waals surface area (Å²) in [6, 6.07) is 0. The van der Waals surface area contributed by atoms with E-state index in [-0.39, 0.29) is 11.7 Å². The summed E-state index contributed by atoms with van der Waals surface area (Å²) in [6.45, 7) is 6.42. The predicted octanol–water partition coefficient (Wildman–Crippen LogP) is 2.05. The van der Waals surface area contributed by atoms with Crippen LogP contribution in [0.15, 0.2) is 23.3 Å². The lowest BCUT2D eigenvalue weighted by atomic mass is 9.91. The van der Waals surface area contributed by atoms with E-state index in [2.05, 4.69) is 32.9 Å². The van der Waals surface area contributed by atoms with Crippen molar-refractivity contribution < 1.29 is 4.74 Å². The van der Waals surface area contributed by atoms with Crippen LogP contribution >= 0.6 is 0 Å². The normalized spacial score (nSPS) is 43.7. The predicted molar refractivity (Wildman–Crippen MR) is 40.8 cm³/mol. The number of hydrogen-bond acceptors (Lipinski definition) is 1. The van der Waals surface area contributed by atoms with Gasteiger partial charge in [0.05, 0.1) is 6.10 Å². The first-order chi connectivity index (χ1) is 4.63. The van der Waals surface area contributed by atoms with Crippen LogP contribution < -0.4 is 0 Å². The summed E-state index contributed by atoms with van der Waals surface area (Å²) in [5, 5.41) is 0. The Kier molecular flexibility index (Phi) is 0.948. The summed E-state index contributed by atoms with van der Waals surface area (Å²) < 4.78 is 5.70. The molecule has 0 fully saturated rings. The zero-order chi connectivity index (χ0) is 7.35. The van der Waals surface area contributed by atoms with Crippen LogP contribution in [0.25, 0.3) is 0 Å². The van der Waals surface area contributed by atoms with Crippen molar-refractivity contribution in [2.24, 2.45) is 0 Å². The highest BCUT2D eigenvalue weighted by Gasteiger charge is 2.40. The van der Waals surface area contributed by atoms with Gasteiger partial charge < -0.3 is 4.74 Å². The van der Waals surface area contributed by atoms with E-state index in [0.717, 1.165) is 0 Å². The van der Waals surface area contributed by atoms with Crippen molar-refractivity contribution in [1.29, 1.82) is 0 Å².